The van der Waals surface area contributed by atoms with E-state index in [1.54, 1.807) is 19.9 Å². The molecule has 15 nitrogen and oxygen atoms in total. The summed E-state index contributed by atoms with van der Waals surface area (Å²) in [5, 5.41) is 23.9. The molecule has 15 heteroatoms. The van der Waals surface area contributed by atoms with Crippen LogP contribution in [0.2, 0.25) is 0 Å². The molecule has 4 atom stereocenters. The monoisotopic (exact) mass is 622 g/mol. The van der Waals surface area contributed by atoms with Crippen molar-refractivity contribution < 1.29 is 43.3 Å². The fraction of sp³-hybridized carbons (Fsp3) is 0.621. The number of hydrogen-bond donors (Lipinski definition) is 7. The van der Waals surface area contributed by atoms with Crippen molar-refractivity contribution in [2.24, 2.45) is 11.7 Å². The van der Waals surface area contributed by atoms with Crippen molar-refractivity contribution in [3.63, 3.8) is 0 Å². The zero-order chi connectivity index (χ0) is 32.8. The molecule has 2 rings (SSSR count). The van der Waals surface area contributed by atoms with Gasteiger partial charge in [0.2, 0.25) is 29.9 Å². The molecule has 1 aliphatic rings. The van der Waals surface area contributed by atoms with E-state index in [1.165, 1.54) is 19.1 Å². The number of ether oxygens (including phenoxy) is 3. The molecule has 0 spiro atoms. The second-order valence-corrected chi connectivity index (χ2v) is 11.1. The first kappa shape index (κ1) is 36.4. The number of anilines is 1. The lowest BCUT2D eigenvalue weighted by Gasteiger charge is -2.32. The van der Waals surface area contributed by atoms with Crippen LogP contribution in [0.5, 0.6) is 5.75 Å². The fourth-order valence-corrected chi connectivity index (χ4v) is 4.13. The highest BCUT2D eigenvalue weighted by atomic mass is 16.7. The van der Waals surface area contributed by atoms with Crippen LogP contribution in [-0.2, 0) is 40.1 Å². The molecule has 246 valence electrons. The third-order valence-corrected chi connectivity index (χ3v) is 6.38. The van der Waals surface area contributed by atoms with E-state index < -0.39 is 54.8 Å². The molecule has 1 saturated heterocycles. The van der Waals surface area contributed by atoms with Crippen molar-refractivity contribution in [1.29, 1.82) is 0 Å². The minimum Gasteiger partial charge on any atom is -0.463 e. The zero-order valence-electron chi connectivity index (χ0n) is 25.9. The summed E-state index contributed by atoms with van der Waals surface area (Å²) in [6.07, 6.45) is -2.81. The first-order chi connectivity index (χ1) is 20.8. The summed E-state index contributed by atoms with van der Waals surface area (Å²) in [5.41, 5.74) is 6.19. The Morgan fingerprint density at radius 2 is 1.77 bits per heavy atom. The number of nitrogens with two attached hydrogens (primary N) is 1. The summed E-state index contributed by atoms with van der Waals surface area (Å²) in [7, 11) is 0. The minimum atomic E-state index is -1.05. The molecule has 8 N–H and O–H groups in total. The van der Waals surface area contributed by atoms with E-state index in [4.69, 9.17) is 19.9 Å². The Morgan fingerprint density at radius 3 is 2.41 bits per heavy atom. The molecule has 1 fully saturated rings. The molecule has 1 aromatic carbocycles. The van der Waals surface area contributed by atoms with Crippen LogP contribution >= 0.6 is 0 Å². The van der Waals surface area contributed by atoms with Crippen molar-refractivity contribution in [3.8, 4) is 5.75 Å². The number of aliphatic hydroxyl groups is 1. The average molecular weight is 623 g/mol. The maximum absolute atomic E-state index is 12.9. The van der Waals surface area contributed by atoms with Gasteiger partial charge in [-0.15, -0.1) is 0 Å². The van der Waals surface area contributed by atoms with Gasteiger partial charge in [0.1, 0.15) is 24.5 Å². The van der Waals surface area contributed by atoms with Crippen LogP contribution in [0.3, 0.4) is 0 Å². The normalized spacial score (nSPS) is 18.7. The SMILES string of the molecule is CC(=O)OCc1ccc(NC(=O)CNC(=O)C(NC(=O)CNC(C)C)C(C)C)c(OC2CC(O)CC(C(=O)NCCN)O2)c1. The van der Waals surface area contributed by atoms with Gasteiger partial charge >= 0.3 is 5.97 Å². The largest absolute Gasteiger partial charge is 0.463 e. The topological polar surface area (TPSA) is 219 Å². The molecule has 1 aliphatic heterocycles. The highest BCUT2D eigenvalue weighted by molar-refractivity contribution is 5.97. The Hall–Kier alpha value is -3.79. The van der Waals surface area contributed by atoms with E-state index in [1.807, 2.05) is 13.8 Å². The van der Waals surface area contributed by atoms with Crippen molar-refractivity contribution in [3.05, 3.63) is 23.8 Å². The Kier molecular flexibility index (Phi) is 15.0. The number of rotatable bonds is 16. The standard InChI is InChI=1S/C29H46N6O9/c1-16(2)27(35-25(39)13-32-17(3)4)29(41)33-14-24(38)34-21-7-6-19(15-42-18(5)36)10-22(21)43-26-12-20(37)11-23(44-26)28(40)31-9-8-30/h6-7,10,16-17,20,23,26-27,32,37H,8-9,11-15,30H2,1-5H3,(H,31,40)(H,33,41)(H,34,38)(H,35,39). The number of esters is 1. The molecule has 0 saturated carbocycles. The predicted octanol–water partition coefficient (Wildman–Crippen LogP) is -0.737. The Bertz CT molecular complexity index is 1150. The van der Waals surface area contributed by atoms with Gasteiger partial charge < -0.3 is 51.6 Å². The van der Waals surface area contributed by atoms with Crippen molar-refractivity contribution in [2.45, 2.75) is 84.6 Å². The van der Waals surface area contributed by atoms with Gasteiger partial charge in [0.15, 0.2) is 0 Å². The number of carbonyl (C=O) groups excluding carboxylic acids is 5. The smallest absolute Gasteiger partial charge is 0.302 e. The van der Waals surface area contributed by atoms with Crippen LogP contribution in [0.4, 0.5) is 5.69 Å². The average Bonchev–Trinajstić information content (AvgIpc) is 2.95. The first-order valence-corrected chi connectivity index (χ1v) is 14.6. The number of hydrogen-bond acceptors (Lipinski definition) is 11. The van der Waals surface area contributed by atoms with Gasteiger partial charge in [-0.2, -0.15) is 0 Å². The predicted molar refractivity (Wildman–Crippen MR) is 160 cm³/mol. The minimum absolute atomic E-state index is 0.0474. The van der Waals surface area contributed by atoms with E-state index in [0.29, 0.717) is 5.56 Å². The second kappa shape index (κ2) is 18.1. The molecular formula is C29H46N6O9. The van der Waals surface area contributed by atoms with Crippen molar-refractivity contribution in [1.82, 2.24) is 21.3 Å². The first-order valence-electron chi connectivity index (χ1n) is 14.6. The zero-order valence-corrected chi connectivity index (χ0v) is 25.9. The number of aliphatic hydroxyl groups excluding tert-OH is 1. The number of amides is 4. The van der Waals surface area contributed by atoms with E-state index in [2.05, 4.69) is 26.6 Å². The molecule has 0 aromatic heterocycles. The van der Waals surface area contributed by atoms with Crippen molar-refractivity contribution >= 4 is 35.3 Å². The lowest BCUT2D eigenvalue weighted by molar-refractivity contribution is -0.184. The number of carbonyl (C=O) groups is 5. The molecule has 0 aliphatic carbocycles. The molecule has 44 heavy (non-hydrogen) atoms. The van der Waals surface area contributed by atoms with Crippen molar-refractivity contribution in [2.75, 3.05) is 31.5 Å². The number of nitrogens with one attached hydrogen (secondary N) is 5. The maximum Gasteiger partial charge on any atom is 0.302 e. The molecular weight excluding hydrogens is 576 g/mol. The van der Waals surface area contributed by atoms with Crippen LogP contribution in [-0.4, -0.2) is 91.5 Å². The fourth-order valence-electron chi connectivity index (χ4n) is 4.13. The maximum atomic E-state index is 12.9. The summed E-state index contributed by atoms with van der Waals surface area (Å²) >= 11 is 0. The summed E-state index contributed by atoms with van der Waals surface area (Å²) in [5.74, 6) is -2.50. The van der Waals surface area contributed by atoms with Gasteiger partial charge in [-0.1, -0.05) is 33.8 Å². The van der Waals surface area contributed by atoms with Gasteiger partial charge in [-0.3, -0.25) is 24.0 Å². The summed E-state index contributed by atoms with van der Waals surface area (Å²) in [6, 6.07) is 3.91. The van der Waals surface area contributed by atoms with Gasteiger partial charge in [0.05, 0.1) is 24.9 Å². The highest BCUT2D eigenvalue weighted by Gasteiger charge is 2.34. The lowest BCUT2D eigenvalue weighted by Crippen LogP contribution is -2.52. The van der Waals surface area contributed by atoms with Crippen LogP contribution in [0.15, 0.2) is 18.2 Å². The quantitative estimate of drug-likeness (QED) is 0.114. The molecule has 4 amide bonds. The second-order valence-electron chi connectivity index (χ2n) is 11.1. The molecule has 0 bridgehead atoms. The van der Waals surface area contributed by atoms with Gasteiger partial charge in [-0.25, -0.2) is 0 Å². The molecule has 1 heterocycles. The number of benzene rings is 1. The van der Waals surface area contributed by atoms with E-state index >= 15 is 0 Å². The lowest BCUT2D eigenvalue weighted by atomic mass is 10.0. The molecule has 0 radical (unpaired) electrons. The van der Waals surface area contributed by atoms with E-state index in [-0.39, 0.29) is 68.4 Å². The van der Waals surface area contributed by atoms with Gasteiger partial charge in [0, 0.05) is 38.9 Å². The van der Waals surface area contributed by atoms with Crippen LogP contribution in [0.25, 0.3) is 0 Å². The van der Waals surface area contributed by atoms with Crippen LogP contribution in [0, 0.1) is 5.92 Å². The third kappa shape index (κ3) is 12.8. The summed E-state index contributed by atoms with van der Waals surface area (Å²) in [4.78, 5) is 61.7. The van der Waals surface area contributed by atoms with E-state index in [0.717, 1.165) is 0 Å². The third-order valence-electron chi connectivity index (χ3n) is 6.38. The van der Waals surface area contributed by atoms with Crippen LogP contribution < -0.4 is 37.1 Å². The van der Waals surface area contributed by atoms with Crippen LogP contribution in [0.1, 0.15) is 53.0 Å². The Morgan fingerprint density at radius 1 is 1.05 bits per heavy atom. The summed E-state index contributed by atoms with van der Waals surface area (Å²) in [6.45, 7) is 8.67. The summed E-state index contributed by atoms with van der Waals surface area (Å²) < 4.78 is 16.8. The van der Waals surface area contributed by atoms with E-state index in [9.17, 15) is 29.1 Å². The highest BCUT2D eigenvalue weighted by Crippen LogP contribution is 2.30. The molecule has 1 aromatic rings. The Balaban J connectivity index is 2.12. The molecule has 4 unspecified atom stereocenters. The Labute approximate surface area is 257 Å². The van der Waals surface area contributed by atoms with Gasteiger partial charge in [0.25, 0.3) is 0 Å². The van der Waals surface area contributed by atoms with Gasteiger partial charge in [-0.05, 0) is 23.6 Å².